The molecule has 8 heteroatoms. The molecule has 0 fully saturated rings. The van der Waals surface area contributed by atoms with E-state index in [1.807, 2.05) is 27.7 Å². The van der Waals surface area contributed by atoms with Gasteiger partial charge in [0.15, 0.2) is 11.5 Å². The molecular weight excluding hydrogens is 498 g/mol. The van der Waals surface area contributed by atoms with Crippen LogP contribution < -0.4 is 19.5 Å². The number of rotatable bonds is 8. The highest BCUT2D eigenvalue weighted by Crippen LogP contribution is 2.43. The number of methoxy groups -OCH3 is 1. The number of aromatic carboxylic acids is 1. The van der Waals surface area contributed by atoms with Gasteiger partial charge in [-0.1, -0.05) is 18.2 Å². The number of aromatic hydroxyl groups is 1. The minimum atomic E-state index is -1.12. The number of fused-ring (bicyclic) bond motifs is 1. The van der Waals surface area contributed by atoms with Crippen molar-refractivity contribution in [1.29, 1.82) is 0 Å². The summed E-state index contributed by atoms with van der Waals surface area (Å²) in [5, 5.41) is 22.3. The van der Waals surface area contributed by atoms with Crippen LogP contribution in [0.3, 0.4) is 0 Å². The molecule has 1 aliphatic heterocycles. The summed E-state index contributed by atoms with van der Waals surface area (Å²) in [6, 6.07) is 11.5. The number of phenolic OH excluding ortho intramolecular Hbond substituents is 1. The Kier molecular flexibility index (Phi) is 7.85. The van der Waals surface area contributed by atoms with Crippen LogP contribution >= 0.6 is 0 Å². The molecule has 1 unspecified atom stereocenters. The second-order valence-corrected chi connectivity index (χ2v) is 9.96. The van der Waals surface area contributed by atoms with Crippen molar-refractivity contribution in [1.82, 2.24) is 0 Å². The zero-order valence-electron chi connectivity index (χ0n) is 22.8. The number of hydrogen-bond donors (Lipinski definition) is 3. The molecule has 0 bridgehead atoms. The molecule has 0 saturated carbocycles. The summed E-state index contributed by atoms with van der Waals surface area (Å²) < 4.78 is 18.1. The fourth-order valence-electron chi connectivity index (χ4n) is 4.66. The largest absolute Gasteiger partial charge is 0.507 e. The normalized spacial score (nSPS) is 16.3. The maximum absolute atomic E-state index is 12.4. The number of carbonyl (C=O) groups is 2. The average molecular weight is 532 g/mol. The van der Waals surface area contributed by atoms with Gasteiger partial charge in [0.1, 0.15) is 23.7 Å². The fourth-order valence-corrected chi connectivity index (χ4v) is 4.66. The van der Waals surface area contributed by atoms with Crippen LogP contribution in [0.15, 0.2) is 48.5 Å². The summed E-state index contributed by atoms with van der Waals surface area (Å²) in [7, 11) is 1.54. The van der Waals surface area contributed by atoms with Crippen molar-refractivity contribution >= 4 is 23.6 Å². The lowest BCUT2D eigenvalue weighted by atomic mass is 9.87. The van der Waals surface area contributed by atoms with E-state index in [1.165, 1.54) is 18.2 Å². The Bertz CT molecular complexity index is 1460. The van der Waals surface area contributed by atoms with Crippen molar-refractivity contribution in [2.75, 3.05) is 19.0 Å². The summed E-state index contributed by atoms with van der Waals surface area (Å²) in [4.78, 5) is 23.7. The number of anilines is 1. The Hall–Kier alpha value is -4.46. The van der Waals surface area contributed by atoms with Crippen molar-refractivity contribution in [2.24, 2.45) is 0 Å². The first kappa shape index (κ1) is 27.6. The molecule has 1 heterocycles. The van der Waals surface area contributed by atoms with Crippen LogP contribution in [0.5, 0.6) is 23.0 Å². The lowest BCUT2D eigenvalue weighted by Crippen LogP contribution is -2.42. The van der Waals surface area contributed by atoms with E-state index in [0.29, 0.717) is 29.4 Å². The molecule has 1 amide bonds. The van der Waals surface area contributed by atoms with Crippen LogP contribution in [0.4, 0.5) is 5.69 Å². The van der Waals surface area contributed by atoms with E-state index < -0.39 is 17.5 Å². The molecule has 3 aromatic rings. The van der Waals surface area contributed by atoms with Gasteiger partial charge in [0.25, 0.3) is 0 Å². The second-order valence-electron chi connectivity index (χ2n) is 9.96. The Morgan fingerprint density at radius 2 is 1.82 bits per heavy atom. The number of benzene rings is 3. The molecule has 4 rings (SSSR count). The molecule has 3 aromatic carbocycles. The highest BCUT2D eigenvalue weighted by Gasteiger charge is 2.35. The zero-order valence-corrected chi connectivity index (χ0v) is 22.8. The van der Waals surface area contributed by atoms with Gasteiger partial charge in [-0.2, -0.15) is 0 Å². The van der Waals surface area contributed by atoms with Crippen LogP contribution in [0.25, 0.3) is 6.08 Å². The standard InChI is InChI=1S/C31H33NO7/c1-18-19(2)29-22(20(3)28(18)34)14-15-31(4,39-29)17-38-25-12-10-21(16-26(25)37-5)11-13-27(33)32-24-9-7-6-8-23(24)30(35)36/h6-13,16,34H,14-15,17H2,1-5H3,(H,32,33)(H,35,36)/b13-11+. The molecule has 39 heavy (non-hydrogen) atoms. The number of carboxylic acid groups (broad SMARTS) is 1. The van der Waals surface area contributed by atoms with Crippen LogP contribution in [0, 0.1) is 20.8 Å². The third kappa shape index (κ3) is 5.85. The first-order valence-corrected chi connectivity index (χ1v) is 12.7. The summed E-state index contributed by atoms with van der Waals surface area (Å²) in [5.41, 5.74) is 4.03. The van der Waals surface area contributed by atoms with E-state index in [4.69, 9.17) is 14.2 Å². The van der Waals surface area contributed by atoms with E-state index in [9.17, 15) is 19.8 Å². The summed E-state index contributed by atoms with van der Waals surface area (Å²) in [6.07, 6.45) is 4.43. The van der Waals surface area contributed by atoms with Gasteiger partial charge in [-0.3, -0.25) is 4.79 Å². The van der Waals surface area contributed by atoms with Gasteiger partial charge in [-0.15, -0.1) is 0 Å². The molecule has 0 spiro atoms. The van der Waals surface area contributed by atoms with Crippen molar-refractivity contribution in [3.63, 3.8) is 0 Å². The van der Waals surface area contributed by atoms with Gasteiger partial charge in [0.05, 0.1) is 18.4 Å². The van der Waals surface area contributed by atoms with Crippen LogP contribution in [-0.4, -0.2) is 41.4 Å². The fraction of sp³-hybridized carbons (Fsp3) is 0.290. The molecule has 1 atom stereocenters. The van der Waals surface area contributed by atoms with Gasteiger partial charge in [-0.05, 0) is 93.1 Å². The van der Waals surface area contributed by atoms with Crippen LogP contribution in [-0.2, 0) is 11.2 Å². The predicted molar refractivity (Wildman–Crippen MR) is 149 cm³/mol. The van der Waals surface area contributed by atoms with Gasteiger partial charge < -0.3 is 29.7 Å². The summed E-state index contributed by atoms with van der Waals surface area (Å²) in [5.74, 6) is 0.612. The number of para-hydroxylation sites is 1. The molecule has 8 nitrogen and oxygen atoms in total. The smallest absolute Gasteiger partial charge is 0.337 e. The monoisotopic (exact) mass is 531 g/mol. The molecule has 1 aliphatic rings. The van der Waals surface area contributed by atoms with Crippen molar-refractivity contribution in [3.8, 4) is 23.0 Å². The molecule has 204 valence electrons. The third-order valence-corrected chi connectivity index (χ3v) is 7.16. The Balaban J connectivity index is 1.44. The van der Waals surface area contributed by atoms with Gasteiger partial charge in [-0.25, -0.2) is 4.79 Å². The first-order valence-electron chi connectivity index (χ1n) is 12.7. The SMILES string of the molecule is COc1cc(/C=C/C(=O)Nc2ccccc2C(=O)O)ccc1OCC1(C)CCc2c(C)c(O)c(C)c(C)c2O1. The number of nitrogens with one attached hydrogen (secondary N) is 1. The van der Waals surface area contributed by atoms with E-state index in [-0.39, 0.29) is 11.3 Å². The maximum atomic E-state index is 12.4. The molecule has 0 aliphatic carbocycles. The molecule has 0 radical (unpaired) electrons. The minimum absolute atomic E-state index is 0.0140. The Morgan fingerprint density at radius 3 is 2.54 bits per heavy atom. The van der Waals surface area contributed by atoms with E-state index in [2.05, 4.69) is 5.32 Å². The summed E-state index contributed by atoms with van der Waals surface area (Å²) >= 11 is 0. The quantitative estimate of drug-likeness (QED) is 0.313. The van der Waals surface area contributed by atoms with Crippen LogP contribution in [0.1, 0.15) is 51.5 Å². The van der Waals surface area contributed by atoms with Crippen molar-refractivity contribution in [2.45, 2.75) is 46.1 Å². The number of amides is 1. The highest BCUT2D eigenvalue weighted by atomic mass is 16.6. The maximum Gasteiger partial charge on any atom is 0.337 e. The van der Waals surface area contributed by atoms with Gasteiger partial charge in [0, 0.05) is 11.6 Å². The number of hydrogen-bond acceptors (Lipinski definition) is 6. The second kappa shape index (κ2) is 11.1. The Labute approximate surface area is 227 Å². The minimum Gasteiger partial charge on any atom is -0.507 e. The highest BCUT2D eigenvalue weighted by molar-refractivity contribution is 6.06. The third-order valence-electron chi connectivity index (χ3n) is 7.16. The lowest BCUT2D eigenvalue weighted by Gasteiger charge is -2.37. The number of carboxylic acids is 1. The molecule has 0 aromatic heterocycles. The van der Waals surface area contributed by atoms with Crippen molar-refractivity contribution < 1.29 is 34.0 Å². The van der Waals surface area contributed by atoms with Crippen LogP contribution in [0.2, 0.25) is 0 Å². The lowest BCUT2D eigenvalue weighted by molar-refractivity contribution is -0.111. The number of ether oxygens (including phenoxy) is 3. The average Bonchev–Trinajstić information content (AvgIpc) is 2.93. The predicted octanol–water partition coefficient (Wildman–Crippen LogP) is 5.84. The molecule has 3 N–H and O–H groups in total. The number of carbonyl (C=O) groups excluding carboxylic acids is 1. The molecular formula is C31H33NO7. The number of phenols is 1. The van der Waals surface area contributed by atoms with E-state index in [0.717, 1.165) is 40.8 Å². The van der Waals surface area contributed by atoms with E-state index >= 15 is 0 Å². The van der Waals surface area contributed by atoms with Gasteiger partial charge >= 0.3 is 5.97 Å². The zero-order chi connectivity index (χ0) is 28.3. The van der Waals surface area contributed by atoms with Gasteiger partial charge in [0.2, 0.25) is 5.91 Å². The first-order chi connectivity index (χ1) is 18.5. The Morgan fingerprint density at radius 1 is 1.08 bits per heavy atom. The van der Waals surface area contributed by atoms with E-state index in [1.54, 1.807) is 43.5 Å². The summed E-state index contributed by atoms with van der Waals surface area (Å²) in [6.45, 7) is 8.07. The topological polar surface area (TPSA) is 114 Å². The van der Waals surface area contributed by atoms with Crippen molar-refractivity contribution in [3.05, 3.63) is 81.9 Å². The molecule has 0 saturated heterocycles.